The second kappa shape index (κ2) is 21.5. The molecule has 0 atom stereocenters. The van der Waals surface area contributed by atoms with Crippen molar-refractivity contribution in [2.24, 2.45) is 0 Å². The van der Waals surface area contributed by atoms with Crippen molar-refractivity contribution in [1.29, 1.82) is 0 Å². The smallest absolute Gasteiger partial charge is 0.264 e. The molecule has 0 amide bonds. The van der Waals surface area contributed by atoms with Gasteiger partial charge >= 0.3 is 0 Å². The summed E-state index contributed by atoms with van der Waals surface area (Å²) >= 11 is 0. The van der Waals surface area contributed by atoms with Gasteiger partial charge in [0.25, 0.3) is 20.2 Å². The number of hydrogen-bond acceptors (Lipinski definition) is 11. The van der Waals surface area contributed by atoms with Crippen molar-refractivity contribution in [2.75, 3.05) is 68.9 Å². The molecule has 16 heteroatoms. The fourth-order valence-corrected chi connectivity index (χ4v) is 8.50. The molecule has 2 fully saturated rings. The van der Waals surface area contributed by atoms with E-state index in [1.54, 1.807) is 0 Å². The van der Waals surface area contributed by atoms with Crippen LogP contribution in [0.1, 0.15) is 43.2 Å². The molecular formula is C46H56N4O10S2. The van der Waals surface area contributed by atoms with E-state index in [1.807, 2.05) is 36.4 Å². The fourth-order valence-electron chi connectivity index (χ4n) is 7.64. The summed E-state index contributed by atoms with van der Waals surface area (Å²) < 4.78 is 79.7. The molecule has 0 radical (unpaired) electrons. The Labute approximate surface area is 363 Å². The van der Waals surface area contributed by atoms with E-state index in [9.17, 15) is 16.8 Å². The van der Waals surface area contributed by atoms with Crippen molar-refractivity contribution < 1.29 is 44.5 Å². The summed E-state index contributed by atoms with van der Waals surface area (Å²) in [5.41, 5.74) is 10.6. The van der Waals surface area contributed by atoms with Crippen LogP contribution in [0.25, 0.3) is 44.3 Å². The van der Waals surface area contributed by atoms with Crippen molar-refractivity contribution in [3.05, 3.63) is 108 Å². The zero-order valence-corrected chi connectivity index (χ0v) is 36.6. The maximum Gasteiger partial charge on any atom is 0.264 e. The molecule has 0 bridgehead atoms. The molecule has 332 valence electrons. The number of hydrogen-bond donors (Lipinski definition) is 5. The lowest BCUT2D eigenvalue weighted by atomic mass is 10.1. The molecule has 6 aromatic rings. The first-order chi connectivity index (χ1) is 30.0. The highest BCUT2D eigenvalue weighted by molar-refractivity contribution is 7.86. The Hall–Kier alpha value is -4.78. The van der Waals surface area contributed by atoms with Crippen LogP contribution in [0.15, 0.2) is 97.1 Å². The second-order valence-corrected chi connectivity index (χ2v) is 18.9. The van der Waals surface area contributed by atoms with E-state index >= 15 is 0 Å². The van der Waals surface area contributed by atoms with E-state index in [2.05, 4.69) is 81.3 Å². The van der Waals surface area contributed by atoms with Crippen LogP contribution in [-0.4, -0.2) is 102 Å². The topological polar surface area (TPSA) is 190 Å². The molecular weight excluding hydrogens is 833 g/mol. The highest BCUT2D eigenvalue weighted by Gasteiger charge is 2.19. The van der Waals surface area contributed by atoms with Gasteiger partial charge in [0.05, 0.1) is 60.8 Å². The van der Waals surface area contributed by atoms with Crippen LogP contribution in [0.4, 0.5) is 11.4 Å². The number of benzene rings is 4. The van der Waals surface area contributed by atoms with Gasteiger partial charge in [-0.3, -0.25) is 8.74 Å². The molecule has 5 N–H and O–H groups in total. The summed E-state index contributed by atoms with van der Waals surface area (Å²) in [7, 11) is -7.40. The average Bonchev–Trinajstić information content (AvgIpc) is 3.90. The van der Waals surface area contributed by atoms with Crippen molar-refractivity contribution in [3.63, 3.8) is 0 Å². The lowest BCUT2D eigenvalue weighted by Crippen LogP contribution is -2.28. The number of rotatable bonds is 18. The Bertz CT molecular complexity index is 2390. The molecule has 8 rings (SSSR count). The predicted molar refractivity (Wildman–Crippen MR) is 244 cm³/mol. The third-order valence-electron chi connectivity index (χ3n) is 10.7. The molecule has 2 aromatic heterocycles. The predicted octanol–water partition coefficient (Wildman–Crippen LogP) is 8.14. The Kier molecular flexibility index (Phi) is 15.7. The Morgan fingerprint density at radius 1 is 0.629 bits per heavy atom. The van der Waals surface area contributed by atoms with Gasteiger partial charge in [-0.05, 0) is 90.8 Å². The number of fused-ring (bicyclic) bond motifs is 2. The van der Waals surface area contributed by atoms with Crippen molar-refractivity contribution in [3.8, 4) is 22.5 Å². The fraction of sp³-hybridized carbons (Fsp3) is 0.391. The first-order valence-electron chi connectivity index (χ1n) is 21.0. The third kappa shape index (κ3) is 13.6. The third-order valence-corrected chi connectivity index (χ3v) is 12.1. The number of anilines is 2. The lowest BCUT2D eigenvalue weighted by molar-refractivity contribution is 0.0901. The van der Waals surface area contributed by atoms with Gasteiger partial charge in [-0.25, -0.2) is 0 Å². The summed E-state index contributed by atoms with van der Waals surface area (Å²) in [6.07, 6.45) is 5.16. The van der Waals surface area contributed by atoms with Crippen molar-refractivity contribution in [1.82, 2.24) is 9.97 Å². The lowest BCUT2D eigenvalue weighted by Gasteiger charge is -2.24. The van der Waals surface area contributed by atoms with E-state index in [0.29, 0.717) is 25.3 Å². The molecule has 4 aromatic carbocycles. The summed E-state index contributed by atoms with van der Waals surface area (Å²) in [4.78, 5) is 7.13. The second-order valence-electron chi connectivity index (χ2n) is 15.6. The number of H-pyrrole nitrogens is 2. The van der Waals surface area contributed by atoms with Crippen LogP contribution in [0.2, 0.25) is 0 Å². The molecule has 4 heterocycles. The van der Waals surface area contributed by atoms with Crippen LogP contribution in [0.5, 0.6) is 0 Å². The SMILES string of the molecule is CS(=O)(=O)OCCOCc1cc(NC2CCOCC2)c2[nH]c(-c3ccccc3)cc2c1.O=S(=O)(O)CCCOCc1cc(NC2CCOCC2)c2[nH]c(-c3ccccc3)cc2c1. The summed E-state index contributed by atoms with van der Waals surface area (Å²) in [5.74, 6) is -0.291. The van der Waals surface area contributed by atoms with Crippen LogP contribution >= 0.6 is 0 Å². The zero-order chi connectivity index (χ0) is 43.4. The Balaban J connectivity index is 0.000000186. The maximum atomic E-state index is 11.1. The first kappa shape index (κ1) is 45.3. The standard InChI is InChI=1S/2C23H28N2O5S/c1-31(26,27)30-12-11-29-16-17-13-19-15-21(18-5-3-2-4-6-18)25-23(19)22(14-17)24-20-7-9-28-10-8-20;26-31(27,28)12-4-9-30-16-17-13-19-15-21(18-5-2-1-3-6-18)25-23(19)22(14-17)24-20-7-10-29-11-8-20/h2-6,13-15,20,24-25H,7-12,16H2,1H3;1-3,5-6,13-15,20,24-25H,4,7-12,16H2,(H,26,27,28). The molecule has 0 unspecified atom stereocenters. The van der Waals surface area contributed by atoms with Crippen LogP contribution < -0.4 is 10.6 Å². The van der Waals surface area contributed by atoms with Gasteiger partial charge in [0, 0.05) is 67.3 Å². The van der Waals surface area contributed by atoms with Gasteiger partial charge in [-0.15, -0.1) is 0 Å². The summed E-state index contributed by atoms with van der Waals surface area (Å²) in [6, 6.07) is 33.8. The summed E-state index contributed by atoms with van der Waals surface area (Å²) in [5, 5.41) is 9.54. The Morgan fingerprint density at radius 3 is 1.52 bits per heavy atom. The molecule has 2 saturated heterocycles. The molecule has 14 nitrogen and oxygen atoms in total. The quantitative estimate of drug-likeness (QED) is 0.0317. The monoisotopic (exact) mass is 888 g/mol. The van der Waals surface area contributed by atoms with E-state index in [1.165, 1.54) is 0 Å². The molecule has 0 spiro atoms. The highest BCUT2D eigenvalue weighted by atomic mass is 32.2. The first-order valence-corrected chi connectivity index (χ1v) is 24.4. The van der Waals surface area contributed by atoms with Gasteiger partial charge in [-0.1, -0.05) is 60.7 Å². The van der Waals surface area contributed by atoms with Gasteiger partial charge in [-0.2, -0.15) is 16.8 Å². The van der Waals surface area contributed by atoms with Gasteiger partial charge in [0.1, 0.15) is 0 Å². The van der Waals surface area contributed by atoms with E-state index in [-0.39, 0.29) is 32.0 Å². The van der Waals surface area contributed by atoms with Crippen molar-refractivity contribution >= 4 is 53.4 Å². The molecule has 0 aliphatic carbocycles. The summed E-state index contributed by atoms with van der Waals surface area (Å²) in [6.45, 7) is 4.28. The molecule has 0 saturated carbocycles. The van der Waals surface area contributed by atoms with Crippen LogP contribution in [-0.2, 0) is 56.6 Å². The molecule has 2 aliphatic rings. The normalized spacial score (nSPS) is 15.4. The number of aromatic amines is 2. The number of nitrogens with one attached hydrogen (secondary N) is 4. The molecule has 2 aliphatic heterocycles. The zero-order valence-electron chi connectivity index (χ0n) is 34.9. The van der Waals surface area contributed by atoms with Gasteiger partial charge in [0.15, 0.2) is 0 Å². The van der Waals surface area contributed by atoms with E-state index in [4.69, 9.17) is 27.7 Å². The minimum atomic E-state index is -3.95. The maximum absolute atomic E-state index is 11.1. The van der Waals surface area contributed by atoms with Gasteiger partial charge in [0.2, 0.25) is 0 Å². The minimum Gasteiger partial charge on any atom is -0.381 e. The number of ether oxygens (including phenoxy) is 4. The average molecular weight is 889 g/mol. The molecule has 62 heavy (non-hydrogen) atoms. The Morgan fingerprint density at radius 2 is 1.08 bits per heavy atom. The number of aromatic nitrogens is 2. The van der Waals surface area contributed by atoms with E-state index < -0.39 is 20.2 Å². The van der Waals surface area contributed by atoms with E-state index in [0.717, 1.165) is 125 Å². The van der Waals surface area contributed by atoms with Gasteiger partial charge < -0.3 is 39.5 Å². The minimum absolute atomic E-state index is 0.0105. The van der Waals surface area contributed by atoms with Crippen LogP contribution in [0, 0.1) is 0 Å². The highest BCUT2D eigenvalue weighted by Crippen LogP contribution is 2.33. The largest absolute Gasteiger partial charge is 0.381 e. The van der Waals surface area contributed by atoms with Crippen molar-refractivity contribution in [2.45, 2.75) is 57.4 Å². The van der Waals surface area contributed by atoms with Crippen LogP contribution in [0.3, 0.4) is 0 Å².